The third-order valence-electron chi connectivity index (χ3n) is 3.62. The zero-order valence-electron chi connectivity index (χ0n) is 12.9. The van der Waals surface area contributed by atoms with Crippen molar-refractivity contribution in [3.63, 3.8) is 0 Å². The Labute approximate surface area is 138 Å². The summed E-state index contributed by atoms with van der Waals surface area (Å²) in [5.74, 6) is -0.132. The van der Waals surface area contributed by atoms with Crippen LogP contribution in [0.3, 0.4) is 0 Å². The van der Waals surface area contributed by atoms with Crippen LogP contribution in [0.5, 0.6) is 0 Å². The molecule has 2 aromatic heterocycles. The van der Waals surface area contributed by atoms with E-state index in [0.717, 1.165) is 23.1 Å². The molecule has 0 unspecified atom stereocenters. The maximum atomic E-state index is 11.6. The largest absolute Gasteiger partial charge is 0.365 e. The molecule has 6 nitrogen and oxygen atoms in total. The van der Waals surface area contributed by atoms with Gasteiger partial charge in [0, 0.05) is 30.0 Å². The number of thioether (sulfide) groups is 1. The van der Waals surface area contributed by atoms with Crippen LogP contribution in [0.4, 0.5) is 11.5 Å². The maximum Gasteiger partial charge on any atom is 0.254 e. The summed E-state index contributed by atoms with van der Waals surface area (Å²) in [5.41, 5.74) is 7.70. The first-order valence-electron chi connectivity index (χ1n) is 7.19. The van der Waals surface area contributed by atoms with Gasteiger partial charge >= 0.3 is 0 Å². The fraction of sp³-hybridized carbons (Fsp3) is 0.188. The summed E-state index contributed by atoms with van der Waals surface area (Å²) in [6, 6.07) is 8.03. The number of hydrogen-bond acceptors (Lipinski definition) is 5. The quantitative estimate of drug-likeness (QED) is 0.556. The molecule has 1 aromatic carbocycles. The van der Waals surface area contributed by atoms with E-state index in [1.54, 1.807) is 0 Å². The van der Waals surface area contributed by atoms with Gasteiger partial charge in [0.1, 0.15) is 11.4 Å². The minimum atomic E-state index is -0.557. The molecule has 0 aliphatic heterocycles. The first-order chi connectivity index (χ1) is 11.1. The number of anilines is 2. The first kappa shape index (κ1) is 15.4. The number of rotatable bonds is 5. The molecule has 0 spiro atoms. The second-order valence-corrected chi connectivity index (χ2v) is 5.72. The van der Waals surface area contributed by atoms with Gasteiger partial charge in [-0.25, -0.2) is 9.97 Å². The van der Waals surface area contributed by atoms with E-state index in [1.165, 1.54) is 18.0 Å². The van der Waals surface area contributed by atoms with E-state index in [4.69, 9.17) is 5.73 Å². The van der Waals surface area contributed by atoms with Crippen molar-refractivity contribution in [2.45, 2.75) is 18.6 Å². The van der Waals surface area contributed by atoms with Gasteiger partial charge in [-0.05, 0) is 31.4 Å². The summed E-state index contributed by atoms with van der Waals surface area (Å²) in [6.07, 6.45) is 5.38. The molecule has 0 saturated heterocycles. The summed E-state index contributed by atoms with van der Waals surface area (Å²) in [5, 5.41) is 4.87. The van der Waals surface area contributed by atoms with E-state index in [0.29, 0.717) is 11.0 Å². The number of nitrogens with zero attached hydrogens (tertiary/aromatic N) is 3. The number of aryl methyl sites for hydroxylation is 1. The standard InChI is InChI=1S/C16H17N5OS/c1-3-21-8-7-10-12(5-4-6-13(10)21)19-15-11(14(17)22)9-18-16(20-15)23-2/h4-9H,3H2,1-2H3,(H2,17,22)(H,18,19,20). The Morgan fingerprint density at radius 2 is 2.22 bits per heavy atom. The molecule has 0 radical (unpaired) electrons. The van der Waals surface area contributed by atoms with E-state index < -0.39 is 5.91 Å². The van der Waals surface area contributed by atoms with E-state index in [-0.39, 0.29) is 5.56 Å². The van der Waals surface area contributed by atoms with E-state index >= 15 is 0 Å². The predicted octanol–water partition coefficient (Wildman–Crippen LogP) is 3.02. The Hall–Kier alpha value is -2.54. The lowest BCUT2D eigenvalue weighted by Gasteiger charge is -2.11. The zero-order chi connectivity index (χ0) is 16.4. The van der Waals surface area contributed by atoms with Crippen LogP contribution in [0, 0.1) is 0 Å². The average Bonchev–Trinajstić information content (AvgIpc) is 2.98. The molecule has 3 N–H and O–H groups in total. The topological polar surface area (TPSA) is 85.8 Å². The SMILES string of the molecule is CCn1ccc2c(Nc3nc(SC)ncc3C(N)=O)cccc21. The van der Waals surface area contributed by atoms with Gasteiger partial charge in [0.2, 0.25) is 0 Å². The molecule has 3 rings (SSSR count). The Balaban J connectivity index is 2.08. The van der Waals surface area contributed by atoms with Gasteiger partial charge in [0.05, 0.1) is 5.52 Å². The van der Waals surface area contributed by atoms with Crippen molar-refractivity contribution in [1.82, 2.24) is 14.5 Å². The second kappa shape index (κ2) is 6.29. The van der Waals surface area contributed by atoms with Gasteiger partial charge in [-0.2, -0.15) is 0 Å². The number of benzene rings is 1. The molecule has 23 heavy (non-hydrogen) atoms. The molecule has 0 aliphatic carbocycles. The number of fused-ring (bicyclic) bond motifs is 1. The summed E-state index contributed by atoms with van der Waals surface area (Å²) < 4.78 is 2.16. The molecule has 1 amide bonds. The Morgan fingerprint density at radius 3 is 2.91 bits per heavy atom. The van der Waals surface area contributed by atoms with Gasteiger partial charge in [0.25, 0.3) is 5.91 Å². The minimum Gasteiger partial charge on any atom is -0.365 e. The normalized spacial score (nSPS) is 10.9. The highest BCUT2D eigenvalue weighted by atomic mass is 32.2. The van der Waals surface area contributed by atoms with Crippen molar-refractivity contribution >= 4 is 40.1 Å². The number of nitrogens with two attached hydrogens (primary N) is 1. The molecule has 7 heteroatoms. The van der Waals surface area contributed by atoms with Gasteiger partial charge in [0.15, 0.2) is 5.16 Å². The lowest BCUT2D eigenvalue weighted by atomic mass is 10.2. The lowest BCUT2D eigenvalue weighted by Crippen LogP contribution is -2.15. The van der Waals surface area contributed by atoms with Crippen molar-refractivity contribution in [2.75, 3.05) is 11.6 Å². The number of hydrogen-bond donors (Lipinski definition) is 2. The molecule has 0 aliphatic rings. The van der Waals surface area contributed by atoms with E-state index in [9.17, 15) is 4.79 Å². The molecule has 3 aromatic rings. The van der Waals surface area contributed by atoms with Crippen LogP contribution >= 0.6 is 11.8 Å². The number of nitrogens with one attached hydrogen (secondary N) is 1. The van der Waals surface area contributed by atoms with Crippen LogP contribution in [0.1, 0.15) is 17.3 Å². The Kier molecular flexibility index (Phi) is 4.20. The van der Waals surface area contributed by atoms with Crippen molar-refractivity contribution in [1.29, 1.82) is 0 Å². The summed E-state index contributed by atoms with van der Waals surface area (Å²) in [4.78, 5) is 20.1. The molecule has 118 valence electrons. The van der Waals surface area contributed by atoms with E-state index in [2.05, 4.69) is 32.8 Å². The van der Waals surface area contributed by atoms with Crippen molar-refractivity contribution in [2.24, 2.45) is 5.73 Å². The number of carbonyl (C=O) groups excluding carboxylic acids is 1. The van der Waals surface area contributed by atoms with Crippen molar-refractivity contribution in [3.8, 4) is 0 Å². The average molecular weight is 327 g/mol. The first-order valence-corrected chi connectivity index (χ1v) is 8.42. The van der Waals surface area contributed by atoms with Crippen LogP contribution in [0.2, 0.25) is 0 Å². The summed E-state index contributed by atoms with van der Waals surface area (Å²) >= 11 is 1.41. The number of carbonyl (C=O) groups is 1. The highest BCUT2D eigenvalue weighted by Gasteiger charge is 2.14. The van der Waals surface area contributed by atoms with Crippen molar-refractivity contribution < 1.29 is 4.79 Å². The fourth-order valence-corrected chi connectivity index (χ4v) is 2.82. The fourth-order valence-electron chi connectivity index (χ4n) is 2.48. The zero-order valence-corrected chi connectivity index (χ0v) is 13.7. The molecule has 0 fully saturated rings. The van der Waals surface area contributed by atoms with Crippen LogP contribution in [-0.4, -0.2) is 26.7 Å². The Morgan fingerprint density at radius 1 is 1.39 bits per heavy atom. The maximum absolute atomic E-state index is 11.6. The molecular formula is C16H17N5OS. The minimum absolute atomic E-state index is 0.273. The molecule has 0 bridgehead atoms. The Bertz CT molecular complexity index is 874. The third kappa shape index (κ3) is 2.87. The van der Waals surface area contributed by atoms with Gasteiger partial charge in [-0.15, -0.1) is 0 Å². The molecule has 0 atom stereocenters. The predicted molar refractivity (Wildman–Crippen MR) is 93.2 cm³/mol. The van der Waals surface area contributed by atoms with Crippen molar-refractivity contribution in [3.05, 3.63) is 42.2 Å². The molecule has 0 saturated carbocycles. The molecular weight excluding hydrogens is 310 g/mol. The lowest BCUT2D eigenvalue weighted by molar-refractivity contribution is 0.100. The van der Waals surface area contributed by atoms with E-state index in [1.807, 2.05) is 30.7 Å². The van der Waals surface area contributed by atoms with Gasteiger partial charge < -0.3 is 15.6 Å². The van der Waals surface area contributed by atoms with Crippen LogP contribution in [-0.2, 0) is 6.54 Å². The van der Waals surface area contributed by atoms with Gasteiger partial charge in [-0.1, -0.05) is 17.8 Å². The van der Waals surface area contributed by atoms with Crippen LogP contribution in [0.15, 0.2) is 41.8 Å². The number of primary amides is 1. The van der Waals surface area contributed by atoms with Crippen LogP contribution in [0.25, 0.3) is 10.9 Å². The number of amides is 1. The molecule has 2 heterocycles. The summed E-state index contributed by atoms with van der Waals surface area (Å²) in [7, 11) is 0. The summed E-state index contributed by atoms with van der Waals surface area (Å²) in [6.45, 7) is 2.99. The highest BCUT2D eigenvalue weighted by Crippen LogP contribution is 2.28. The monoisotopic (exact) mass is 327 g/mol. The second-order valence-electron chi connectivity index (χ2n) is 4.95. The van der Waals surface area contributed by atoms with Gasteiger partial charge in [-0.3, -0.25) is 4.79 Å². The third-order valence-corrected chi connectivity index (χ3v) is 4.18. The van der Waals surface area contributed by atoms with Crippen LogP contribution < -0.4 is 11.1 Å². The number of aromatic nitrogens is 3. The highest BCUT2D eigenvalue weighted by molar-refractivity contribution is 7.98. The smallest absolute Gasteiger partial charge is 0.254 e.